The lowest BCUT2D eigenvalue weighted by Gasteiger charge is -2.11. The molecular formula is C12H15BrN4OS. The first-order valence-electron chi connectivity index (χ1n) is 5.95. The third-order valence-electron chi connectivity index (χ3n) is 2.37. The van der Waals surface area contributed by atoms with Gasteiger partial charge in [-0.1, -0.05) is 6.92 Å². The quantitative estimate of drug-likeness (QED) is 0.872. The van der Waals surface area contributed by atoms with Gasteiger partial charge in [-0.3, -0.25) is 0 Å². The monoisotopic (exact) mass is 342 g/mol. The van der Waals surface area contributed by atoms with E-state index in [-0.39, 0.29) is 0 Å². The first kappa shape index (κ1) is 14.4. The van der Waals surface area contributed by atoms with E-state index in [0.29, 0.717) is 12.4 Å². The van der Waals surface area contributed by atoms with Crippen LogP contribution in [0.15, 0.2) is 16.0 Å². The third kappa shape index (κ3) is 3.49. The second-order valence-corrected chi connectivity index (χ2v) is 5.54. The van der Waals surface area contributed by atoms with Crippen molar-refractivity contribution in [1.82, 2.24) is 15.0 Å². The number of rotatable bonds is 6. The van der Waals surface area contributed by atoms with Gasteiger partial charge in [-0.05, 0) is 22.4 Å². The molecular weight excluding hydrogens is 328 g/mol. The van der Waals surface area contributed by atoms with Crippen LogP contribution >= 0.6 is 27.3 Å². The smallest absolute Gasteiger partial charge is 0.191 e. The molecule has 0 unspecified atom stereocenters. The van der Waals surface area contributed by atoms with Crippen molar-refractivity contribution in [2.24, 2.45) is 0 Å². The number of thiazole rings is 1. The van der Waals surface area contributed by atoms with Gasteiger partial charge in [-0.2, -0.15) is 0 Å². The summed E-state index contributed by atoms with van der Waals surface area (Å²) >= 11 is 5.05. The zero-order chi connectivity index (χ0) is 13.7. The van der Waals surface area contributed by atoms with Crippen LogP contribution in [0.2, 0.25) is 0 Å². The first-order chi connectivity index (χ1) is 9.26. The number of anilines is 1. The van der Waals surface area contributed by atoms with Gasteiger partial charge < -0.3 is 10.1 Å². The predicted octanol–water partition coefficient (Wildman–Crippen LogP) is 3.33. The van der Waals surface area contributed by atoms with Crippen LogP contribution in [0.1, 0.15) is 19.0 Å². The van der Waals surface area contributed by atoms with E-state index in [1.54, 1.807) is 13.3 Å². The minimum Gasteiger partial charge on any atom is -0.378 e. The lowest BCUT2D eigenvalue weighted by atomic mass is 10.3. The Balaban J connectivity index is 2.41. The highest BCUT2D eigenvalue weighted by Gasteiger charge is 2.14. The molecule has 0 aliphatic rings. The fraction of sp³-hybridized carbons (Fsp3) is 0.417. The van der Waals surface area contributed by atoms with Crippen LogP contribution in [-0.2, 0) is 11.3 Å². The van der Waals surface area contributed by atoms with Crippen molar-refractivity contribution in [3.63, 3.8) is 0 Å². The molecule has 0 aliphatic heterocycles. The van der Waals surface area contributed by atoms with Crippen LogP contribution in [-0.4, -0.2) is 28.6 Å². The lowest BCUT2D eigenvalue weighted by molar-refractivity contribution is 0.181. The highest BCUT2D eigenvalue weighted by molar-refractivity contribution is 9.10. The summed E-state index contributed by atoms with van der Waals surface area (Å²) in [5, 5.41) is 6.01. The molecule has 0 atom stereocenters. The molecule has 2 rings (SSSR count). The van der Waals surface area contributed by atoms with Gasteiger partial charge in [0, 0.05) is 25.2 Å². The number of hydrogen-bond donors (Lipinski definition) is 1. The van der Waals surface area contributed by atoms with E-state index in [9.17, 15) is 0 Å². The Morgan fingerprint density at radius 1 is 1.42 bits per heavy atom. The van der Waals surface area contributed by atoms with Crippen LogP contribution in [0.4, 0.5) is 5.82 Å². The van der Waals surface area contributed by atoms with Crippen LogP contribution in [0.3, 0.4) is 0 Å². The van der Waals surface area contributed by atoms with Crippen molar-refractivity contribution in [1.29, 1.82) is 0 Å². The van der Waals surface area contributed by atoms with E-state index in [2.05, 4.69) is 43.1 Å². The van der Waals surface area contributed by atoms with Crippen molar-refractivity contribution >= 4 is 33.1 Å². The number of aromatic nitrogens is 3. The maximum absolute atomic E-state index is 5.18. The molecule has 2 aromatic rings. The summed E-state index contributed by atoms with van der Waals surface area (Å²) < 4.78 is 6.03. The standard InChI is InChI=1S/C12H15BrN4OS/c1-3-4-14-10-9(13)8(7-18-2)16-11(17-10)12-15-5-6-19-12/h5-6H,3-4,7H2,1-2H3,(H,14,16,17). The molecule has 2 aromatic heterocycles. The van der Waals surface area contributed by atoms with Gasteiger partial charge in [-0.25, -0.2) is 15.0 Å². The second kappa shape index (κ2) is 6.93. The minimum absolute atomic E-state index is 0.433. The molecule has 19 heavy (non-hydrogen) atoms. The van der Waals surface area contributed by atoms with Crippen LogP contribution in [0.25, 0.3) is 10.8 Å². The Kier molecular flexibility index (Phi) is 5.24. The summed E-state index contributed by atoms with van der Waals surface area (Å²) in [6.45, 7) is 3.40. The summed E-state index contributed by atoms with van der Waals surface area (Å²) in [6, 6.07) is 0. The van der Waals surface area contributed by atoms with Crippen LogP contribution in [0, 0.1) is 0 Å². The highest BCUT2D eigenvalue weighted by Crippen LogP contribution is 2.28. The van der Waals surface area contributed by atoms with Crippen molar-refractivity contribution in [2.45, 2.75) is 20.0 Å². The van der Waals surface area contributed by atoms with Gasteiger partial charge in [0.05, 0.1) is 16.8 Å². The molecule has 1 N–H and O–H groups in total. The van der Waals surface area contributed by atoms with Crippen molar-refractivity contribution in [2.75, 3.05) is 19.0 Å². The summed E-state index contributed by atoms with van der Waals surface area (Å²) in [5.74, 6) is 1.41. The minimum atomic E-state index is 0.433. The van der Waals surface area contributed by atoms with Gasteiger partial charge in [-0.15, -0.1) is 11.3 Å². The van der Waals surface area contributed by atoms with Crippen LogP contribution < -0.4 is 5.32 Å². The predicted molar refractivity (Wildman–Crippen MR) is 80.3 cm³/mol. The molecule has 0 aromatic carbocycles. The van der Waals surface area contributed by atoms with Crippen molar-refractivity contribution in [3.05, 3.63) is 21.7 Å². The van der Waals surface area contributed by atoms with E-state index in [4.69, 9.17) is 4.74 Å². The summed E-state index contributed by atoms with van der Waals surface area (Å²) in [7, 11) is 1.65. The molecule has 5 nitrogen and oxygen atoms in total. The Morgan fingerprint density at radius 3 is 2.89 bits per heavy atom. The molecule has 7 heteroatoms. The molecule has 0 bridgehead atoms. The van der Waals surface area contributed by atoms with Gasteiger partial charge in [0.1, 0.15) is 5.82 Å². The van der Waals surface area contributed by atoms with Gasteiger partial charge in [0.15, 0.2) is 10.8 Å². The molecule has 0 spiro atoms. The maximum Gasteiger partial charge on any atom is 0.191 e. The lowest BCUT2D eigenvalue weighted by Crippen LogP contribution is -2.08. The second-order valence-electron chi connectivity index (χ2n) is 3.85. The fourth-order valence-corrected chi connectivity index (χ4v) is 2.52. The number of halogens is 1. The molecule has 2 heterocycles. The Bertz CT molecular complexity index is 533. The normalized spacial score (nSPS) is 10.7. The number of methoxy groups -OCH3 is 1. The van der Waals surface area contributed by atoms with Crippen molar-refractivity contribution in [3.8, 4) is 10.8 Å². The van der Waals surface area contributed by atoms with Gasteiger partial charge >= 0.3 is 0 Å². The maximum atomic E-state index is 5.18. The van der Waals surface area contributed by atoms with Crippen molar-refractivity contribution < 1.29 is 4.74 Å². The average molecular weight is 343 g/mol. The Labute approximate surface area is 124 Å². The SMILES string of the molecule is CCCNc1nc(-c2nccs2)nc(COC)c1Br. The topological polar surface area (TPSA) is 59.9 Å². The average Bonchev–Trinajstić information content (AvgIpc) is 2.94. The fourth-order valence-electron chi connectivity index (χ4n) is 1.52. The molecule has 102 valence electrons. The largest absolute Gasteiger partial charge is 0.378 e. The van der Waals surface area contributed by atoms with E-state index in [0.717, 1.165) is 34.0 Å². The van der Waals surface area contributed by atoms with E-state index in [1.165, 1.54) is 11.3 Å². The summed E-state index contributed by atoms with van der Waals surface area (Å²) in [6.07, 6.45) is 2.78. The zero-order valence-electron chi connectivity index (χ0n) is 10.8. The Hall–Kier alpha value is -1.05. The number of nitrogens with one attached hydrogen (secondary N) is 1. The molecule has 0 saturated heterocycles. The summed E-state index contributed by atoms with van der Waals surface area (Å²) in [5.41, 5.74) is 0.821. The number of ether oxygens (including phenoxy) is 1. The van der Waals surface area contributed by atoms with E-state index in [1.807, 2.05) is 5.38 Å². The van der Waals surface area contributed by atoms with Gasteiger partial charge in [0.25, 0.3) is 0 Å². The van der Waals surface area contributed by atoms with E-state index >= 15 is 0 Å². The first-order valence-corrected chi connectivity index (χ1v) is 7.62. The molecule has 0 radical (unpaired) electrons. The molecule has 0 saturated carbocycles. The zero-order valence-corrected chi connectivity index (χ0v) is 13.2. The third-order valence-corrected chi connectivity index (χ3v) is 3.97. The van der Waals surface area contributed by atoms with Gasteiger partial charge in [0.2, 0.25) is 0 Å². The van der Waals surface area contributed by atoms with E-state index < -0.39 is 0 Å². The number of nitrogens with zero attached hydrogens (tertiary/aromatic N) is 3. The molecule has 0 aliphatic carbocycles. The van der Waals surface area contributed by atoms with Crippen LogP contribution in [0.5, 0.6) is 0 Å². The number of hydrogen-bond acceptors (Lipinski definition) is 6. The molecule has 0 fully saturated rings. The summed E-state index contributed by atoms with van der Waals surface area (Å²) in [4.78, 5) is 13.3. The molecule has 0 amide bonds. The highest BCUT2D eigenvalue weighted by atomic mass is 79.9. The Morgan fingerprint density at radius 2 is 2.26 bits per heavy atom.